The molecule has 4 nitrogen and oxygen atoms in total. The highest BCUT2D eigenvalue weighted by Gasteiger charge is 2.12. The molecule has 0 aliphatic rings. The van der Waals surface area contributed by atoms with E-state index >= 15 is 0 Å². The van der Waals surface area contributed by atoms with Gasteiger partial charge in [0.2, 0.25) is 0 Å². The molecule has 0 radical (unpaired) electrons. The highest BCUT2D eigenvalue weighted by Crippen LogP contribution is 2.33. The normalized spacial score (nSPS) is 10.1. The van der Waals surface area contributed by atoms with Crippen molar-refractivity contribution in [1.29, 1.82) is 0 Å². The molecule has 0 unspecified atom stereocenters. The van der Waals surface area contributed by atoms with Crippen molar-refractivity contribution in [1.82, 2.24) is 0 Å². The van der Waals surface area contributed by atoms with Gasteiger partial charge in [0.25, 0.3) is 0 Å². The number of amides is 1. The van der Waals surface area contributed by atoms with Crippen LogP contribution in [0, 0.1) is 13.8 Å². The molecular weight excluding hydrogens is 188 g/mol. The number of carbonyl (C=O) groups is 1. The van der Waals surface area contributed by atoms with Gasteiger partial charge in [0.1, 0.15) is 0 Å². The third kappa shape index (κ3) is 1.99. The van der Waals surface area contributed by atoms with Crippen molar-refractivity contribution < 1.29 is 9.53 Å². The summed E-state index contributed by atoms with van der Waals surface area (Å²) in [5, 5.41) is 0.547. The molecule has 4 N–H and O–H groups in total. The molecule has 0 bridgehead atoms. The van der Waals surface area contributed by atoms with Gasteiger partial charge >= 0.3 is 6.09 Å². The van der Waals surface area contributed by atoms with Crippen LogP contribution in [-0.2, 0) is 6.54 Å². The molecule has 1 amide bonds. The molecule has 0 saturated carbocycles. The van der Waals surface area contributed by atoms with Crippen LogP contribution in [0.25, 0.3) is 0 Å². The molecule has 0 atom stereocenters. The average molecular weight is 200 g/mol. The third-order valence-electron chi connectivity index (χ3n) is 1.88. The second-order valence-electron chi connectivity index (χ2n) is 2.69. The van der Waals surface area contributed by atoms with E-state index in [1.807, 2.05) is 13.8 Å². The van der Waals surface area contributed by atoms with Crippen LogP contribution in [0.3, 0.4) is 0 Å². The van der Waals surface area contributed by atoms with Crippen molar-refractivity contribution in [2.24, 2.45) is 11.5 Å². The monoisotopic (exact) mass is 200 g/mol. The zero-order valence-corrected chi connectivity index (χ0v) is 8.40. The van der Waals surface area contributed by atoms with Gasteiger partial charge in [-0.15, -0.1) is 11.3 Å². The quantitative estimate of drug-likeness (QED) is 0.754. The van der Waals surface area contributed by atoms with Crippen molar-refractivity contribution in [2.75, 3.05) is 0 Å². The summed E-state index contributed by atoms with van der Waals surface area (Å²) in [5.74, 6) is 0. The lowest BCUT2D eigenvalue weighted by Gasteiger charge is -1.97. The van der Waals surface area contributed by atoms with E-state index < -0.39 is 6.09 Å². The largest absolute Gasteiger partial charge is 0.410 e. The van der Waals surface area contributed by atoms with Crippen molar-refractivity contribution in [3.8, 4) is 5.06 Å². The van der Waals surface area contributed by atoms with Gasteiger partial charge in [0.15, 0.2) is 5.06 Å². The molecular formula is C8H12N2O2S. The SMILES string of the molecule is Cc1c(CN)sc(OC(N)=O)c1C. The Morgan fingerprint density at radius 3 is 2.46 bits per heavy atom. The van der Waals surface area contributed by atoms with E-state index in [4.69, 9.17) is 16.2 Å². The Labute approximate surface area is 80.5 Å². The van der Waals surface area contributed by atoms with Gasteiger partial charge in [-0.05, 0) is 19.4 Å². The van der Waals surface area contributed by atoms with Gasteiger partial charge in [0.05, 0.1) is 0 Å². The van der Waals surface area contributed by atoms with Crippen LogP contribution in [0.2, 0.25) is 0 Å². The minimum absolute atomic E-state index is 0.458. The zero-order valence-electron chi connectivity index (χ0n) is 7.59. The first-order valence-corrected chi connectivity index (χ1v) is 4.64. The predicted molar refractivity (Wildman–Crippen MR) is 51.9 cm³/mol. The number of nitrogens with two attached hydrogens (primary N) is 2. The van der Waals surface area contributed by atoms with Crippen molar-refractivity contribution >= 4 is 17.4 Å². The van der Waals surface area contributed by atoms with Crippen molar-refractivity contribution in [2.45, 2.75) is 20.4 Å². The molecule has 0 aliphatic heterocycles. The van der Waals surface area contributed by atoms with Crippen LogP contribution >= 0.6 is 11.3 Å². The molecule has 1 rings (SSSR count). The Kier molecular flexibility index (Phi) is 2.90. The first kappa shape index (κ1) is 10.0. The van der Waals surface area contributed by atoms with Crippen LogP contribution in [0.15, 0.2) is 0 Å². The Bertz CT molecular complexity index is 333. The third-order valence-corrected chi connectivity index (χ3v) is 3.18. The minimum atomic E-state index is -0.784. The Morgan fingerprint density at radius 2 is 2.08 bits per heavy atom. The first-order valence-electron chi connectivity index (χ1n) is 3.82. The molecule has 13 heavy (non-hydrogen) atoms. The summed E-state index contributed by atoms with van der Waals surface area (Å²) in [6, 6.07) is 0. The van der Waals surface area contributed by atoms with Gasteiger partial charge in [-0.3, -0.25) is 0 Å². The molecule has 1 aromatic rings. The lowest BCUT2D eigenvalue weighted by Crippen LogP contribution is -2.15. The number of hydrogen-bond donors (Lipinski definition) is 2. The Balaban J connectivity index is 3.02. The van der Waals surface area contributed by atoms with Crippen LogP contribution in [0.4, 0.5) is 4.79 Å². The fraction of sp³-hybridized carbons (Fsp3) is 0.375. The summed E-state index contributed by atoms with van der Waals surface area (Å²) >= 11 is 1.37. The molecule has 0 spiro atoms. The van der Waals surface area contributed by atoms with E-state index in [2.05, 4.69) is 0 Å². The van der Waals surface area contributed by atoms with Gasteiger partial charge in [-0.1, -0.05) is 0 Å². The van der Waals surface area contributed by atoms with Gasteiger partial charge in [0, 0.05) is 17.0 Å². The van der Waals surface area contributed by atoms with Crippen LogP contribution in [-0.4, -0.2) is 6.09 Å². The summed E-state index contributed by atoms with van der Waals surface area (Å²) < 4.78 is 4.81. The van der Waals surface area contributed by atoms with Crippen molar-refractivity contribution in [3.63, 3.8) is 0 Å². The standard InChI is InChI=1S/C8H12N2O2S/c1-4-5(2)7(12-8(10)11)13-6(4)3-9/h3,9H2,1-2H3,(H2,10,11). The fourth-order valence-electron chi connectivity index (χ4n) is 1.01. The average Bonchev–Trinajstić information content (AvgIpc) is 2.32. The number of rotatable bonds is 2. The first-order chi connectivity index (χ1) is 6.06. The molecule has 72 valence electrons. The number of carbonyl (C=O) groups excluding carboxylic acids is 1. The van der Waals surface area contributed by atoms with Gasteiger partial charge in [-0.25, -0.2) is 4.79 Å². The minimum Gasteiger partial charge on any atom is -0.399 e. The van der Waals surface area contributed by atoms with E-state index in [0.717, 1.165) is 16.0 Å². The van der Waals surface area contributed by atoms with E-state index in [9.17, 15) is 4.79 Å². The Morgan fingerprint density at radius 1 is 1.46 bits per heavy atom. The molecule has 0 aliphatic carbocycles. The number of ether oxygens (including phenoxy) is 1. The molecule has 1 aromatic heterocycles. The number of thiophene rings is 1. The summed E-state index contributed by atoms with van der Waals surface area (Å²) in [7, 11) is 0. The van der Waals surface area contributed by atoms with Gasteiger partial charge < -0.3 is 16.2 Å². The highest BCUT2D eigenvalue weighted by atomic mass is 32.1. The summed E-state index contributed by atoms with van der Waals surface area (Å²) in [6.07, 6.45) is -0.784. The summed E-state index contributed by atoms with van der Waals surface area (Å²) in [4.78, 5) is 11.5. The molecule has 1 heterocycles. The molecule has 0 saturated heterocycles. The van der Waals surface area contributed by atoms with E-state index in [0.29, 0.717) is 11.6 Å². The number of hydrogen-bond acceptors (Lipinski definition) is 4. The summed E-state index contributed by atoms with van der Waals surface area (Å²) in [5.41, 5.74) is 12.4. The molecule has 0 fully saturated rings. The van der Waals surface area contributed by atoms with E-state index in [1.54, 1.807) is 0 Å². The maximum Gasteiger partial charge on any atom is 0.410 e. The number of primary amides is 1. The van der Waals surface area contributed by atoms with Crippen molar-refractivity contribution in [3.05, 3.63) is 16.0 Å². The van der Waals surface area contributed by atoms with Crippen LogP contribution < -0.4 is 16.2 Å². The zero-order chi connectivity index (χ0) is 10.0. The maximum absolute atomic E-state index is 10.5. The lowest BCUT2D eigenvalue weighted by atomic mass is 10.2. The van der Waals surface area contributed by atoms with E-state index in [-0.39, 0.29) is 0 Å². The summed E-state index contributed by atoms with van der Waals surface area (Å²) in [6.45, 7) is 4.28. The van der Waals surface area contributed by atoms with Crippen LogP contribution in [0.1, 0.15) is 16.0 Å². The topological polar surface area (TPSA) is 78.3 Å². The fourth-order valence-corrected chi connectivity index (χ4v) is 2.05. The second-order valence-corrected chi connectivity index (χ2v) is 3.76. The molecule has 0 aromatic carbocycles. The predicted octanol–water partition coefficient (Wildman–Crippen LogP) is 1.28. The highest BCUT2D eigenvalue weighted by molar-refractivity contribution is 7.14. The second kappa shape index (κ2) is 3.76. The lowest BCUT2D eigenvalue weighted by molar-refractivity contribution is 0.212. The van der Waals surface area contributed by atoms with E-state index in [1.165, 1.54) is 11.3 Å². The maximum atomic E-state index is 10.5. The smallest absolute Gasteiger partial charge is 0.399 e. The van der Waals surface area contributed by atoms with Gasteiger partial charge in [-0.2, -0.15) is 0 Å². The molecule has 5 heteroatoms. The van der Waals surface area contributed by atoms with Crippen LogP contribution in [0.5, 0.6) is 5.06 Å². The Hall–Kier alpha value is -1.07.